The van der Waals surface area contributed by atoms with E-state index in [0.717, 1.165) is 63.6 Å². The number of carbonyl (C=O) groups is 1. The van der Waals surface area contributed by atoms with Gasteiger partial charge in [-0.05, 0) is 30.5 Å². The molecule has 1 amide bonds. The third kappa shape index (κ3) is 7.13. The lowest BCUT2D eigenvalue weighted by atomic mass is 10.1. The maximum atomic E-state index is 12.6. The van der Waals surface area contributed by atoms with Crippen molar-refractivity contribution < 1.29 is 4.79 Å². The smallest absolute Gasteiger partial charge is 0.236 e. The molecule has 0 saturated carbocycles. The molecule has 2 fully saturated rings. The van der Waals surface area contributed by atoms with E-state index in [0.29, 0.717) is 18.7 Å². The summed E-state index contributed by atoms with van der Waals surface area (Å²) in [6.07, 6.45) is 4.77. The Kier molecular flexibility index (Phi) is 10.4. The van der Waals surface area contributed by atoms with Crippen molar-refractivity contribution in [2.24, 2.45) is 4.99 Å². The second-order valence-electron chi connectivity index (χ2n) is 7.77. The van der Waals surface area contributed by atoms with E-state index in [1.807, 2.05) is 24.3 Å². The highest BCUT2D eigenvalue weighted by Crippen LogP contribution is 2.11. The number of carbonyl (C=O) groups excluding carboxylic acids is 1. The molecule has 0 aliphatic carbocycles. The number of aliphatic imine (C=N–C) groups is 1. The zero-order valence-electron chi connectivity index (χ0n) is 17.8. The molecule has 1 aromatic rings. The molecule has 0 aromatic heterocycles. The van der Waals surface area contributed by atoms with Crippen LogP contribution >= 0.6 is 24.0 Å². The zero-order chi connectivity index (χ0) is 20.5. The van der Waals surface area contributed by atoms with Gasteiger partial charge in [-0.1, -0.05) is 25.0 Å². The summed E-state index contributed by atoms with van der Waals surface area (Å²) in [4.78, 5) is 23.6. The number of nitrogens with zero attached hydrogens (tertiary/aromatic N) is 5. The number of amides is 1. The van der Waals surface area contributed by atoms with Gasteiger partial charge in [-0.15, -0.1) is 24.0 Å². The number of halogens is 1. The first-order chi connectivity index (χ1) is 14.2. The third-order valence-electron chi connectivity index (χ3n) is 5.71. The second-order valence-corrected chi connectivity index (χ2v) is 7.77. The highest BCUT2D eigenvalue weighted by Gasteiger charge is 2.23. The first-order valence-electron chi connectivity index (χ1n) is 10.6. The van der Waals surface area contributed by atoms with E-state index in [-0.39, 0.29) is 29.9 Å². The Morgan fingerprint density at radius 2 is 1.77 bits per heavy atom. The molecule has 2 heterocycles. The summed E-state index contributed by atoms with van der Waals surface area (Å²) in [5, 5.41) is 12.4. The van der Waals surface area contributed by atoms with Gasteiger partial charge in [0.1, 0.15) is 0 Å². The molecule has 2 saturated heterocycles. The molecule has 0 spiro atoms. The van der Waals surface area contributed by atoms with Crippen molar-refractivity contribution >= 4 is 35.8 Å². The van der Waals surface area contributed by atoms with Crippen LogP contribution in [0.25, 0.3) is 0 Å². The van der Waals surface area contributed by atoms with Crippen molar-refractivity contribution in [3.8, 4) is 6.07 Å². The summed E-state index contributed by atoms with van der Waals surface area (Å²) in [5.41, 5.74) is 1.73. The number of nitriles is 1. The number of guanidine groups is 1. The summed E-state index contributed by atoms with van der Waals surface area (Å²) < 4.78 is 0. The lowest BCUT2D eigenvalue weighted by Crippen LogP contribution is -2.54. The molecule has 0 unspecified atom stereocenters. The van der Waals surface area contributed by atoms with Crippen LogP contribution in [0.5, 0.6) is 0 Å². The molecule has 1 N–H and O–H groups in total. The zero-order valence-corrected chi connectivity index (χ0v) is 20.2. The Morgan fingerprint density at radius 1 is 1.07 bits per heavy atom. The van der Waals surface area contributed by atoms with Crippen LogP contribution in [0.1, 0.15) is 36.8 Å². The van der Waals surface area contributed by atoms with E-state index < -0.39 is 0 Å². The molecule has 30 heavy (non-hydrogen) atoms. The fourth-order valence-corrected chi connectivity index (χ4v) is 3.99. The number of likely N-dealkylation sites (tertiary alicyclic amines) is 1. The normalized spacial score (nSPS) is 18.2. The lowest BCUT2D eigenvalue weighted by Gasteiger charge is -2.37. The molecule has 2 aliphatic rings. The number of hydrogen-bond donors (Lipinski definition) is 1. The highest BCUT2D eigenvalue weighted by atomic mass is 127. The summed E-state index contributed by atoms with van der Waals surface area (Å²) in [6, 6.07) is 9.79. The van der Waals surface area contributed by atoms with Crippen molar-refractivity contribution in [2.45, 2.75) is 32.2 Å². The predicted octanol–water partition coefficient (Wildman–Crippen LogP) is 2.27. The number of benzene rings is 1. The second kappa shape index (κ2) is 12.7. The van der Waals surface area contributed by atoms with Crippen LogP contribution in [-0.4, -0.2) is 79.4 Å². The van der Waals surface area contributed by atoms with Crippen LogP contribution in [0.15, 0.2) is 29.3 Å². The fourth-order valence-electron chi connectivity index (χ4n) is 3.99. The van der Waals surface area contributed by atoms with E-state index in [2.05, 4.69) is 31.1 Å². The number of rotatable bonds is 4. The highest BCUT2D eigenvalue weighted by molar-refractivity contribution is 14.0. The van der Waals surface area contributed by atoms with E-state index in [4.69, 9.17) is 5.26 Å². The Balaban J connectivity index is 0.00000320. The van der Waals surface area contributed by atoms with Gasteiger partial charge in [0.2, 0.25) is 5.91 Å². The van der Waals surface area contributed by atoms with E-state index in [1.165, 1.54) is 12.8 Å². The van der Waals surface area contributed by atoms with Gasteiger partial charge in [0.25, 0.3) is 0 Å². The van der Waals surface area contributed by atoms with E-state index in [1.54, 1.807) is 7.05 Å². The maximum absolute atomic E-state index is 12.6. The molecule has 1 aromatic carbocycles. The average molecular weight is 524 g/mol. The molecular weight excluding hydrogens is 491 g/mol. The van der Waals surface area contributed by atoms with Gasteiger partial charge in [-0.25, -0.2) is 0 Å². The van der Waals surface area contributed by atoms with Crippen molar-refractivity contribution in [1.29, 1.82) is 5.26 Å². The van der Waals surface area contributed by atoms with Crippen LogP contribution in [0.4, 0.5) is 0 Å². The van der Waals surface area contributed by atoms with Gasteiger partial charge < -0.3 is 15.1 Å². The van der Waals surface area contributed by atoms with Crippen LogP contribution in [0.3, 0.4) is 0 Å². The van der Waals surface area contributed by atoms with Crippen LogP contribution in [0, 0.1) is 11.3 Å². The molecule has 0 bridgehead atoms. The van der Waals surface area contributed by atoms with Gasteiger partial charge in [0.05, 0.1) is 18.2 Å². The van der Waals surface area contributed by atoms with Crippen LogP contribution < -0.4 is 5.32 Å². The van der Waals surface area contributed by atoms with Gasteiger partial charge in [0, 0.05) is 52.9 Å². The van der Waals surface area contributed by atoms with Crippen molar-refractivity contribution in [1.82, 2.24) is 20.0 Å². The Bertz CT molecular complexity index is 746. The number of hydrogen-bond acceptors (Lipinski definition) is 4. The summed E-state index contributed by atoms with van der Waals surface area (Å²) in [6.45, 7) is 6.44. The minimum absolute atomic E-state index is 0. The summed E-state index contributed by atoms with van der Waals surface area (Å²) in [5.74, 6) is 1.14. The molecule has 3 rings (SSSR count). The summed E-state index contributed by atoms with van der Waals surface area (Å²) >= 11 is 0. The maximum Gasteiger partial charge on any atom is 0.236 e. The minimum atomic E-state index is 0. The molecule has 8 heteroatoms. The third-order valence-corrected chi connectivity index (χ3v) is 5.71. The molecular formula is C22H33IN6O. The number of piperazine rings is 1. The monoisotopic (exact) mass is 524 g/mol. The Labute approximate surface area is 197 Å². The lowest BCUT2D eigenvalue weighted by molar-refractivity contribution is -0.132. The predicted molar refractivity (Wildman–Crippen MR) is 130 cm³/mol. The van der Waals surface area contributed by atoms with Crippen LogP contribution in [0.2, 0.25) is 0 Å². The molecule has 7 nitrogen and oxygen atoms in total. The number of nitrogens with one attached hydrogen (secondary N) is 1. The largest absolute Gasteiger partial charge is 0.352 e. The molecule has 0 atom stereocenters. The van der Waals surface area contributed by atoms with E-state index in [9.17, 15) is 4.79 Å². The molecule has 0 radical (unpaired) electrons. The molecule has 2 aliphatic heterocycles. The van der Waals surface area contributed by atoms with Crippen molar-refractivity contribution in [3.05, 3.63) is 35.4 Å². The van der Waals surface area contributed by atoms with Crippen molar-refractivity contribution in [3.63, 3.8) is 0 Å². The standard InChI is InChI=1S/C22H32N6O.HI/c1-24-22(25-17-20-8-6-7-19(15-20)16-23)28-13-11-26(12-14-28)18-21(29)27-9-4-2-3-5-10-27;/h6-8,15H,2-5,9-14,17-18H2,1H3,(H,24,25);1H. The fraction of sp³-hybridized carbons (Fsp3) is 0.591. The van der Waals surface area contributed by atoms with Gasteiger partial charge in [-0.2, -0.15) is 5.26 Å². The van der Waals surface area contributed by atoms with E-state index >= 15 is 0 Å². The first kappa shape index (κ1) is 24.4. The van der Waals surface area contributed by atoms with Crippen molar-refractivity contribution in [2.75, 3.05) is 52.9 Å². The van der Waals surface area contributed by atoms with Crippen LogP contribution in [-0.2, 0) is 11.3 Å². The quantitative estimate of drug-likeness (QED) is 0.372. The molecule has 164 valence electrons. The van der Waals surface area contributed by atoms with Gasteiger partial charge in [-0.3, -0.25) is 14.7 Å². The summed E-state index contributed by atoms with van der Waals surface area (Å²) in [7, 11) is 1.79. The Hall–Kier alpha value is -1.86. The average Bonchev–Trinajstić information content (AvgIpc) is 3.05. The topological polar surface area (TPSA) is 75.0 Å². The van der Waals surface area contributed by atoms with Gasteiger partial charge in [0.15, 0.2) is 5.96 Å². The first-order valence-corrected chi connectivity index (χ1v) is 10.6. The Morgan fingerprint density at radius 3 is 2.40 bits per heavy atom. The van der Waals surface area contributed by atoms with Gasteiger partial charge >= 0.3 is 0 Å². The SMILES string of the molecule is CN=C(NCc1cccc(C#N)c1)N1CCN(CC(=O)N2CCCCCC2)CC1.I. The minimum Gasteiger partial charge on any atom is -0.352 e.